The van der Waals surface area contributed by atoms with Crippen LogP contribution in [0.3, 0.4) is 0 Å². The molecule has 5 nitrogen and oxygen atoms in total. The zero-order valence-corrected chi connectivity index (χ0v) is 12.1. The van der Waals surface area contributed by atoms with Gasteiger partial charge in [-0.1, -0.05) is 0 Å². The minimum absolute atomic E-state index is 0.289. The van der Waals surface area contributed by atoms with Crippen LogP contribution in [0.1, 0.15) is 40.0 Å². The van der Waals surface area contributed by atoms with Gasteiger partial charge in [-0.2, -0.15) is 0 Å². The quantitative estimate of drug-likeness (QED) is 0.848. The van der Waals surface area contributed by atoms with Crippen LogP contribution in [0, 0.1) is 11.8 Å². The van der Waals surface area contributed by atoms with Crippen LogP contribution >= 0.6 is 0 Å². The SMILES string of the molecule is CC(C)(C)OC(=O)NC[C@@H]1CCN(C(=O)C2CC2)C1. The minimum atomic E-state index is -0.465. The summed E-state index contributed by atoms with van der Waals surface area (Å²) >= 11 is 0. The summed E-state index contributed by atoms with van der Waals surface area (Å²) in [6, 6.07) is 0. The van der Waals surface area contributed by atoms with Crippen molar-refractivity contribution in [2.45, 2.75) is 45.6 Å². The highest BCUT2D eigenvalue weighted by Gasteiger charge is 2.36. The molecular weight excluding hydrogens is 244 g/mol. The van der Waals surface area contributed by atoms with E-state index in [-0.39, 0.29) is 12.0 Å². The molecule has 0 radical (unpaired) electrons. The number of nitrogens with zero attached hydrogens (tertiary/aromatic N) is 1. The molecule has 2 amide bonds. The van der Waals surface area contributed by atoms with Gasteiger partial charge in [-0.3, -0.25) is 4.79 Å². The number of hydrogen-bond donors (Lipinski definition) is 1. The van der Waals surface area contributed by atoms with E-state index < -0.39 is 5.60 Å². The van der Waals surface area contributed by atoms with Crippen LogP contribution in [-0.4, -0.2) is 42.1 Å². The van der Waals surface area contributed by atoms with Gasteiger partial charge >= 0.3 is 6.09 Å². The number of nitrogens with one attached hydrogen (secondary N) is 1. The largest absolute Gasteiger partial charge is 0.444 e. The predicted molar refractivity (Wildman–Crippen MR) is 71.6 cm³/mol. The smallest absolute Gasteiger partial charge is 0.407 e. The first-order chi connectivity index (χ1) is 8.85. The first kappa shape index (κ1) is 14.2. The maximum absolute atomic E-state index is 11.9. The molecule has 1 N–H and O–H groups in total. The molecule has 1 atom stereocenters. The average Bonchev–Trinajstić information content (AvgIpc) is 3.02. The normalized spacial score (nSPS) is 23.3. The molecule has 1 aliphatic carbocycles. The maximum atomic E-state index is 11.9. The molecule has 1 heterocycles. The highest BCUT2D eigenvalue weighted by Crippen LogP contribution is 2.32. The van der Waals surface area contributed by atoms with Crippen LogP contribution in [0.25, 0.3) is 0 Å². The lowest BCUT2D eigenvalue weighted by atomic mass is 10.1. The summed E-state index contributed by atoms with van der Waals surface area (Å²) in [6.07, 6.45) is 2.69. The summed E-state index contributed by atoms with van der Waals surface area (Å²) in [4.78, 5) is 25.4. The second-order valence-corrected chi connectivity index (χ2v) is 6.60. The van der Waals surface area contributed by atoms with Crippen LogP contribution in [-0.2, 0) is 9.53 Å². The van der Waals surface area contributed by atoms with Crippen molar-refractivity contribution in [2.24, 2.45) is 11.8 Å². The molecule has 1 saturated carbocycles. The minimum Gasteiger partial charge on any atom is -0.444 e. The highest BCUT2D eigenvalue weighted by molar-refractivity contribution is 5.81. The molecule has 19 heavy (non-hydrogen) atoms. The van der Waals surface area contributed by atoms with Gasteiger partial charge in [-0.05, 0) is 46.0 Å². The Morgan fingerprint density at radius 2 is 1.95 bits per heavy atom. The van der Waals surface area contributed by atoms with Gasteiger partial charge in [0, 0.05) is 25.6 Å². The van der Waals surface area contributed by atoms with Crippen molar-refractivity contribution >= 4 is 12.0 Å². The highest BCUT2D eigenvalue weighted by atomic mass is 16.6. The van der Waals surface area contributed by atoms with Gasteiger partial charge in [0.05, 0.1) is 0 Å². The summed E-state index contributed by atoms with van der Waals surface area (Å²) in [6.45, 7) is 7.72. The lowest BCUT2D eigenvalue weighted by molar-refractivity contribution is -0.131. The third kappa shape index (κ3) is 4.40. The van der Waals surface area contributed by atoms with E-state index in [2.05, 4.69) is 5.32 Å². The molecule has 0 unspecified atom stereocenters. The molecule has 0 aromatic heterocycles. The van der Waals surface area contributed by atoms with E-state index in [1.807, 2.05) is 25.7 Å². The van der Waals surface area contributed by atoms with Crippen molar-refractivity contribution in [1.82, 2.24) is 10.2 Å². The Hall–Kier alpha value is -1.26. The van der Waals surface area contributed by atoms with Crippen LogP contribution in [0.15, 0.2) is 0 Å². The van der Waals surface area contributed by atoms with Crippen molar-refractivity contribution in [1.29, 1.82) is 0 Å². The molecule has 2 aliphatic rings. The van der Waals surface area contributed by atoms with Gasteiger partial charge < -0.3 is 15.0 Å². The van der Waals surface area contributed by atoms with Gasteiger partial charge in [0.15, 0.2) is 0 Å². The summed E-state index contributed by atoms with van der Waals surface area (Å²) in [5.41, 5.74) is -0.465. The van der Waals surface area contributed by atoms with Gasteiger partial charge in [-0.15, -0.1) is 0 Å². The Labute approximate surface area is 114 Å². The van der Waals surface area contributed by atoms with Crippen molar-refractivity contribution < 1.29 is 14.3 Å². The van der Waals surface area contributed by atoms with Crippen LogP contribution in [0.2, 0.25) is 0 Å². The zero-order chi connectivity index (χ0) is 14.0. The molecular formula is C14H24N2O3. The second-order valence-electron chi connectivity index (χ2n) is 6.60. The summed E-state index contributed by atoms with van der Waals surface area (Å²) in [7, 11) is 0. The molecule has 0 aromatic rings. The van der Waals surface area contributed by atoms with E-state index in [0.29, 0.717) is 18.4 Å². The topological polar surface area (TPSA) is 58.6 Å². The molecule has 2 rings (SSSR count). The number of ether oxygens (including phenoxy) is 1. The molecule has 5 heteroatoms. The van der Waals surface area contributed by atoms with Crippen LogP contribution < -0.4 is 5.32 Å². The number of likely N-dealkylation sites (tertiary alicyclic amines) is 1. The molecule has 1 aliphatic heterocycles. The molecule has 1 saturated heterocycles. The number of carbonyl (C=O) groups excluding carboxylic acids is 2. The van der Waals surface area contributed by atoms with Crippen molar-refractivity contribution in [2.75, 3.05) is 19.6 Å². The maximum Gasteiger partial charge on any atom is 0.407 e. The Morgan fingerprint density at radius 3 is 2.53 bits per heavy atom. The third-order valence-electron chi connectivity index (χ3n) is 3.46. The summed E-state index contributed by atoms with van der Waals surface area (Å²) < 4.78 is 5.19. The number of amides is 2. The monoisotopic (exact) mass is 268 g/mol. The van der Waals surface area contributed by atoms with E-state index in [0.717, 1.165) is 32.4 Å². The number of hydrogen-bond acceptors (Lipinski definition) is 3. The summed E-state index contributed by atoms with van der Waals surface area (Å²) in [5.74, 6) is 0.951. The lowest BCUT2D eigenvalue weighted by Crippen LogP contribution is -2.36. The van der Waals surface area contributed by atoms with Gasteiger partial charge in [0.25, 0.3) is 0 Å². The molecule has 108 valence electrons. The second kappa shape index (κ2) is 5.39. The fraction of sp³-hybridized carbons (Fsp3) is 0.857. The first-order valence-corrected chi connectivity index (χ1v) is 7.11. The van der Waals surface area contributed by atoms with E-state index in [1.165, 1.54) is 0 Å². The van der Waals surface area contributed by atoms with E-state index in [4.69, 9.17) is 4.74 Å². The Balaban J connectivity index is 1.67. The molecule has 2 fully saturated rings. The Bertz CT molecular complexity index is 358. The van der Waals surface area contributed by atoms with Gasteiger partial charge in [0.1, 0.15) is 5.60 Å². The Kier molecular flexibility index (Phi) is 4.02. The average molecular weight is 268 g/mol. The zero-order valence-electron chi connectivity index (χ0n) is 12.1. The van der Waals surface area contributed by atoms with E-state index in [9.17, 15) is 9.59 Å². The lowest BCUT2D eigenvalue weighted by Gasteiger charge is -2.21. The van der Waals surface area contributed by atoms with Crippen molar-refractivity contribution in [3.63, 3.8) is 0 Å². The van der Waals surface area contributed by atoms with E-state index in [1.54, 1.807) is 0 Å². The third-order valence-corrected chi connectivity index (χ3v) is 3.46. The number of alkyl carbamates (subject to hydrolysis) is 1. The standard InChI is InChI=1S/C14H24N2O3/c1-14(2,3)19-13(18)15-8-10-6-7-16(9-10)12(17)11-4-5-11/h10-11H,4-9H2,1-3H3,(H,15,18)/t10-/m0/s1. The molecule has 0 aromatic carbocycles. The van der Waals surface area contributed by atoms with E-state index >= 15 is 0 Å². The predicted octanol–water partition coefficient (Wildman–Crippen LogP) is 1.77. The first-order valence-electron chi connectivity index (χ1n) is 7.11. The fourth-order valence-corrected chi connectivity index (χ4v) is 2.33. The van der Waals surface area contributed by atoms with Crippen LogP contribution in [0.5, 0.6) is 0 Å². The van der Waals surface area contributed by atoms with Gasteiger partial charge in [-0.25, -0.2) is 4.79 Å². The van der Waals surface area contributed by atoms with Crippen molar-refractivity contribution in [3.8, 4) is 0 Å². The van der Waals surface area contributed by atoms with Crippen molar-refractivity contribution in [3.05, 3.63) is 0 Å². The molecule has 0 spiro atoms. The molecule has 0 bridgehead atoms. The fourth-order valence-electron chi connectivity index (χ4n) is 2.33. The van der Waals surface area contributed by atoms with Crippen LogP contribution in [0.4, 0.5) is 4.79 Å². The summed E-state index contributed by atoms with van der Waals surface area (Å²) in [5, 5.41) is 2.79. The van der Waals surface area contributed by atoms with Gasteiger partial charge in [0.2, 0.25) is 5.91 Å². The Morgan fingerprint density at radius 1 is 1.26 bits per heavy atom. The number of rotatable bonds is 3. The number of carbonyl (C=O) groups is 2.